The van der Waals surface area contributed by atoms with E-state index in [0.29, 0.717) is 17.0 Å². The van der Waals surface area contributed by atoms with Crippen molar-refractivity contribution < 1.29 is 13.6 Å². The molecule has 0 saturated heterocycles. The molecule has 1 aliphatic heterocycles. The molecular formula is C27H21F2NOS. The van der Waals surface area contributed by atoms with Gasteiger partial charge in [-0.1, -0.05) is 60.2 Å². The molecule has 32 heavy (non-hydrogen) atoms. The van der Waals surface area contributed by atoms with Crippen molar-refractivity contribution >= 4 is 17.2 Å². The Morgan fingerprint density at radius 3 is 2.50 bits per heavy atom. The fourth-order valence-electron chi connectivity index (χ4n) is 4.29. The lowest BCUT2D eigenvalue weighted by atomic mass is 9.88. The Hall–Kier alpha value is -3.31. The first-order chi connectivity index (χ1) is 15.5. The van der Waals surface area contributed by atoms with Crippen molar-refractivity contribution in [2.24, 2.45) is 0 Å². The average molecular weight is 446 g/mol. The largest absolute Gasteiger partial charge is 0.326 e. The van der Waals surface area contributed by atoms with Crippen LogP contribution in [0.3, 0.4) is 0 Å². The van der Waals surface area contributed by atoms with Crippen molar-refractivity contribution in [2.75, 3.05) is 6.54 Å². The van der Waals surface area contributed by atoms with Crippen LogP contribution in [0.4, 0.5) is 8.78 Å². The van der Waals surface area contributed by atoms with Gasteiger partial charge in [0.05, 0.1) is 10.9 Å². The van der Waals surface area contributed by atoms with Crippen LogP contribution in [0.2, 0.25) is 0 Å². The summed E-state index contributed by atoms with van der Waals surface area (Å²) in [6, 6.07) is 23.8. The third-order valence-corrected chi connectivity index (χ3v) is 7.08. The fraction of sp³-hybridized carbons (Fsp3) is 0.148. The van der Waals surface area contributed by atoms with Crippen LogP contribution >= 0.6 is 11.3 Å². The maximum Gasteiger partial charge on any atom is 0.264 e. The zero-order chi connectivity index (χ0) is 22.2. The summed E-state index contributed by atoms with van der Waals surface area (Å²) in [6.45, 7) is 2.67. The van der Waals surface area contributed by atoms with Crippen molar-refractivity contribution in [2.45, 2.75) is 19.4 Å². The van der Waals surface area contributed by atoms with Gasteiger partial charge in [0.1, 0.15) is 0 Å². The first-order valence-electron chi connectivity index (χ1n) is 10.5. The number of benzene rings is 3. The number of rotatable bonds is 3. The minimum Gasteiger partial charge on any atom is -0.326 e. The van der Waals surface area contributed by atoms with Gasteiger partial charge < -0.3 is 4.90 Å². The molecule has 0 bridgehead atoms. The van der Waals surface area contributed by atoms with E-state index >= 15 is 0 Å². The number of nitrogens with zero attached hydrogens (tertiary/aromatic N) is 1. The average Bonchev–Trinajstić information content (AvgIpc) is 3.31. The zero-order valence-electron chi connectivity index (χ0n) is 17.5. The Labute approximate surface area is 189 Å². The molecule has 160 valence electrons. The highest BCUT2D eigenvalue weighted by molar-refractivity contribution is 7.17. The fourth-order valence-corrected chi connectivity index (χ4v) is 5.25. The van der Waals surface area contributed by atoms with E-state index in [9.17, 15) is 13.6 Å². The molecule has 0 unspecified atom stereocenters. The molecule has 0 N–H and O–H groups in total. The highest BCUT2D eigenvalue weighted by atomic mass is 32.1. The number of fused-ring (bicyclic) bond motifs is 1. The summed E-state index contributed by atoms with van der Waals surface area (Å²) in [4.78, 5) is 16.9. The molecule has 3 aromatic carbocycles. The van der Waals surface area contributed by atoms with Crippen LogP contribution in [0.15, 0.2) is 78.9 Å². The summed E-state index contributed by atoms with van der Waals surface area (Å²) in [5.41, 5.74) is 5.22. The monoisotopic (exact) mass is 445 g/mol. The second-order valence-corrected chi connectivity index (χ2v) is 9.14. The second-order valence-electron chi connectivity index (χ2n) is 8.05. The molecule has 1 aromatic heterocycles. The highest BCUT2D eigenvalue weighted by Crippen LogP contribution is 2.38. The van der Waals surface area contributed by atoms with Crippen LogP contribution in [0.5, 0.6) is 0 Å². The summed E-state index contributed by atoms with van der Waals surface area (Å²) in [5, 5.41) is 0. The molecule has 2 heterocycles. The Bertz CT molecular complexity index is 1300. The van der Waals surface area contributed by atoms with Crippen LogP contribution < -0.4 is 0 Å². The lowest BCUT2D eigenvalue weighted by Crippen LogP contribution is -2.40. The molecule has 5 rings (SSSR count). The molecule has 1 amide bonds. The first kappa shape index (κ1) is 20.6. The van der Waals surface area contributed by atoms with Gasteiger partial charge in [-0.25, -0.2) is 8.78 Å². The SMILES string of the molecule is Cc1ccc([C@@H]2c3ccccc3CCN2C(=O)c2ccc(-c3ccc(F)c(F)c3)s2)cc1. The van der Waals surface area contributed by atoms with Gasteiger partial charge in [-0.05, 0) is 59.9 Å². The van der Waals surface area contributed by atoms with Gasteiger partial charge in [-0.3, -0.25) is 4.79 Å². The number of halogens is 2. The van der Waals surface area contributed by atoms with Crippen LogP contribution in [0.25, 0.3) is 10.4 Å². The van der Waals surface area contributed by atoms with E-state index in [0.717, 1.165) is 28.5 Å². The molecule has 1 atom stereocenters. The van der Waals surface area contributed by atoms with Crippen molar-refractivity contribution in [1.29, 1.82) is 0 Å². The molecule has 5 heteroatoms. The minimum absolute atomic E-state index is 0.0519. The number of hydrogen-bond acceptors (Lipinski definition) is 2. The zero-order valence-corrected chi connectivity index (χ0v) is 18.3. The van der Waals surface area contributed by atoms with E-state index in [-0.39, 0.29) is 11.9 Å². The minimum atomic E-state index is -0.893. The smallest absolute Gasteiger partial charge is 0.264 e. The van der Waals surface area contributed by atoms with E-state index < -0.39 is 11.6 Å². The van der Waals surface area contributed by atoms with Gasteiger partial charge in [0.15, 0.2) is 11.6 Å². The van der Waals surface area contributed by atoms with Crippen molar-refractivity contribution in [1.82, 2.24) is 4.90 Å². The van der Waals surface area contributed by atoms with Gasteiger partial charge in [-0.15, -0.1) is 11.3 Å². The summed E-state index contributed by atoms with van der Waals surface area (Å²) < 4.78 is 27.0. The van der Waals surface area contributed by atoms with Crippen LogP contribution in [0.1, 0.15) is 38.0 Å². The van der Waals surface area contributed by atoms with E-state index in [1.165, 1.54) is 34.6 Å². The van der Waals surface area contributed by atoms with Crippen LogP contribution in [-0.2, 0) is 6.42 Å². The third-order valence-electron chi connectivity index (χ3n) is 5.96. The molecule has 0 aliphatic carbocycles. The Morgan fingerprint density at radius 1 is 0.938 bits per heavy atom. The number of amides is 1. The highest BCUT2D eigenvalue weighted by Gasteiger charge is 2.33. The number of aryl methyl sites for hydroxylation is 1. The molecule has 0 saturated carbocycles. The normalized spacial score (nSPS) is 15.5. The van der Waals surface area contributed by atoms with Gasteiger partial charge >= 0.3 is 0 Å². The predicted octanol–water partition coefficient (Wildman–Crippen LogP) is 6.79. The standard InChI is InChI=1S/C27H21F2NOS/c1-17-6-8-19(9-7-17)26-21-5-3-2-4-18(21)14-15-30(26)27(31)25-13-12-24(32-25)20-10-11-22(28)23(29)16-20/h2-13,16,26H,14-15H2,1H3/t26-/m1/s1. The maximum absolute atomic E-state index is 13.7. The quantitative estimate of drug-likeness (QED) is 0.340. The molecule has 0 fully saturated rings. The van der Waals surface area contributed by atoms with Crippen molar-refractivity contribution in [3.63, 3.8) is 0 Å². The number of carbonyl (C=O) groups is 1. The lowest BCUT2D eigenvalue weighted by molar-refractivity contribution is 0.0699. The van der Waals surface area contributed by atoms with Crippen LogP contribution in [0, 0.1) is 18.6 Å². The summed E-state index contributed by atoms with van der Waals surface area (Å²) in [7, 11) is 0. The van der Waals surface area contributed by atoms with Gasteiger partial charge in [0.2, 0.25) is 0 Å². The maximum atomic E-state index is 13.7. The molecule has 4 aromatic rings. The number of thiophene rings is 1. The molecular weight excluding hydrogens is 424 g/mol. The molecule has 0 radical (unpaired) electrons. The van der Waals surface area contributed by atoms with E-state index in [1.807, 2.05) is 24.0 Å². The second kappa shape index (κ2) is 8.32. The van der Waals surface area contributed by atoms with Gasteiger partial charge in [0, 0.05) is 11.4 Å². The summed E-state index contributed by atoms with van der Waals surface area (Å²) in [6.07, 6.45) is 0.797. The van der Waals surface area contributed by atoms with E-state index in [4.69, 9.17) is 0 Å². The topological polar surface area (TPSA) is 20.3 Å². The van der Waals surface area contributed by atoms with Gasteiger partial charge in [0.25, 0.3) is 5.91 Å². The Balaban J connectivity index is 1.51. The Morgan fingerprint density at radius 2 is 1.72 bits per heavy atom. The summed E-state index contributed by atoms with van der Waals surface area (Å²) >= 11 is 1.30. The van der Waals surface area contributed by atoms with E-state index in [1.54, 1.807) is 12.1 Å². The first-order valence-corrected chi connectivity index (χ1v) is 11.3. The Kier molecular flexibility index (Phi) is 5.35. The summed E-state index contributed by atoms with van der Waals surface area (Å²) in [5.74, 6) is -1.82. The van der Waals surface area contributed by atoms with Gasteiger partial charge in [-0.2, -0.15) is 0 Å². The lowest BCUT2D eigenvalue weighted by Gasteiger charge is -2.37. The van der Waals surface area contributed by atoms with Crippen LogP contribution in [-0.4, -0.2) is 17.4 Å². The number of hydrogen-bond donors (Lipinski definition) is 0. The molecule has 0 spiro atoms. The molecule has 1 aliphatic rings. The van der Waals surface area contributed by atoms with Crippen molar-refractivity contribution in [3.05, 3.63) is 118 Å². The third kappa shape index (κ3) is 3.73. The number of carbonyl (C=O) groups excluding carboxylic acids is 1. The van der Waals surface area contributed by atoms with Crippen molar-refractivity contribution in [3.8, 4) is 10.4 Å². The van der Waals surface area contributed by atoms with E-state index in [2.05, 4.69) is 36.4 Å². The molecule has 2 nitrogen and oxygen atoms in total. The predicted molar refractivity (Wildman–Crippen MR) is 124 cm³/mol.